The van der Waals surface area contributed by atoms with Gasteiger partial charge in [-0.2, -0.15) is 0 Å². The Morgan fingerprint density at radius 2 is 2.19 bits per heavy atom. The first kappa shape index (κ1) is 14.1. The van der Waals surface area contributed by atoms with Gasteiger partial charge in [-0.3, -0.25) is 4.79 Å². The van der Waals surface area contributed by atoms with Crippen molar-refractivity contribution >= 4 is 33.5 Å². The Hall–Kier alpha value is -1.86. The fourth-order valence-corrected chi connectivity index (χ4v) is 2.76. The first-order valence-corrected chi connectivity index (χ1v) is 7.89. The molecule has 106 valence electrons. The molecule has 1 N–H and O–H groups in total. The van der Waals surface area contributed by atoms with Crippen LogP contribution in [-0.2, 0) is 0 Å². The molecule has 0 aliphatic rings. The van der Waals surface area contributed by atoms with Crippen LogP contribution in [0.2, 0.25) is 0 Å². The highest BCUT2D eigenvalue weighted by Crippen LogP contribution is 2.25. The van der Waals surface area contributed by atoms with Gasteiger partial charge in [0.05, 0.1) is 11.4 Å². The number of nitrogens with zero attached hydrogens (tertiary/aromatic N) is 2. The number of hydrogen-bond acceptors (Lipinski definition) is 5. The molecule has 3 rings (SSSR count). The van der Waals surface area contributed by atoms with Gasteiger partial charge < -0.3 is 9.40 Å². The van der Waals surface area contributed by atoms with Crippen molar-refractivity contribution in [1.82, 2.24) is 15.2 Å². The average molecular weight is 364 g/mol. The van der Waals surface area contributed by atoms with E-state index in [2.05, 4.69) is 31.1 Å². The Bertz CT molecular complexity index is 755. The number of ketones is 1. The van der Waals surface area contributed by atoms with E-state index >= 15 is 0 Å². The monoisotopic (exact) mass is 363 g/mol. The molecule has 3 aromatic rings. The van der Waals surface area contributed by atoms with Crippen molar-refractivity contribution < 1.29 is 9.21 Å². The maximum atomic E-state index is 11.9. The number of aromatic amines is 1. The van der Waals surface area contributed by atoms with Crippen molar-refractivity contribution in [2.24, 2.45) is 0 Å². The summed E-state index contributed by atoms with van der Waals surface area (Å²) >= 11 is 4.62. The highest BCUT2D eigenvalue weighted by atomic mass is 79.9. The Morgan fingerprint density at radius 3 is 2.95 bits per heavy atom. The maximum absolute atomic E-state index is 11.9. The fraction of sp³-hybridized carbons (Fsp3) is 0.0714. The molecule has 0 atom stereocenters. The van der Waals surface area contributed by atoms with Crippen molar-refractivity contribution in [3.05, 3.63) is 52.8 Å². The van der Waals surface area contributed by atoms with Gasteiger partial charge >= 0.3 is 0 Å². The normalized spacial score (nSPS) is 10.7. The Morgan fingerprint density at radius 1 is 1.29 bits per heavy atom. The third-order valence-electron chi connectivity index (χ3n) is 2.70. The molecule has 0 fully saturated rings. The van der Waals surface area contributed by atoms with Crippen molar-refractivity contribution in [3.63, 3.8) is 0 Å². The van der Waals surface area contributed by atoms with E-state index in [-0.39, 0.29) is 11.5 Å². The molecule has 0 aliphatic carbocycles. The zero-order valence-electron chi connectivity index (χ0n) is 10.7. The van der Waals surface area contributed by atoms with E-state index in [9.17, 15) is 4.79 Å². The van der Waals surface area contributed by atoms with Gasteiger partial charge in [0.25, 0.3) is 5.22 Å². The SMILES string of the molecule is O=C(CSc1nnc(-c2cccc(Br)c2)o1)c1ccc[nH]1. The van der Waals surface area contributed by atoms with Gasteiger partial charge in [-0.05, 0) is 30.3 Å². The van der Waals surface area contributed by atoms with Crippen LogP contribution in [0.3, 0.4) is 0 Å². The minimum Gasteiger partial charge on any atom is -0.411 e. The van der Waals surface area contributed by atoms with Crippen LogP contribution in [0.1, 0.15) is 10.5 Å². The second kappa shape index (κ2) is 6.28. The molecule has 0 saturated carbocycles. The van der Waals surface area contributed by atoms with Gasteiger partial charge in [-0.25, -0.2) is 0 Å². The number of carbonyl (C=O) groups excluding carboxylic acids is 1. The summed E-state index contributed by atoms with van der Waals surface area (Å²) in [6.45, 7) is 0. The quantitative estimate of drug-likeness (QED) is 0.551. The molecule has 0 bridgehead atoms. The van der Waals surface area contributed by atoms with E-state index < -0.39 is 0 Å². The van der Waals surface area contributed by atoms with Crippen LogP contribution >= 0.6 is 27.7 Å². The van der Waals surface area contributed by atoms with E-state index in [1.807, 2.05) is 24.3 Å². The number of thioether (sulfide) groups is 1. The van der Waals surface area contributed by atoms with Crippen LogP contribution in [0.4, 0.5) is 0 Å². The van der Waals surface area contributed by atoms with Gasteiger partial charge in [0.15, 0.2) is 5.78 Å². The summed E-state index contributed by atoms with van der Waals surface area (Å²) in [6, 6.07) is 11.1. The van der Waals surface area contributed by atoms with Crippen LogP contribution in [0.15, 0.2) is 56.7 Å². The van der Waals surface area contributed by atoms with E-state index in [0.717, 1.165) is 10.0 Å². The molecule has 0 unspecified atom stereocenters. The molecule has 0 saturated heterocycles. The number of Topliss-reactive ketones (excluding diaryl/α,β-unsaturated/α-hetero) is 1. The lowest BCUT2D eigenvalue weighted by molar-refractivity contribution is 0.101. The molecule has 2 aromatic heterocycles. The second-order valence-corrected chi connectivity index (χ2v) is 6.02. The first-order chi connectivity index (χ1) is 10.2. The zero-order valence-corrected chi connectivity index (χ0v) is 13.1. The number of carbonyl (C=O) groups is 1. The van der Waals surface area contributed by atoms with E-state index in [1.165, 1.54) is 11.8 Å². The second-order valence-electron chi connectivity index (χ2n) is 4.18. The minimum absolute atomic E-state index is 0.00722. The summed E-state index contributed by atoms with van der Waals surface area (Å²) in [6.07, 6.45) is 1.72. The topological polar surface area (TPSA) is 71.8 Å². The predicted molar refractivity (Wildman–Crippen MR) is 83.3 cm³/mol. The molecule has 0 aliphatic heterocycles. The summed E-state index contributed by atoms with van der Waals surface area (Å²) in [4.78, 5) is 14.7. The first-order valence-electron chi connectivity index (χ1n) is 6.11. The molecule has 5 nitrogen and oxygen atoms in total. The molecule has 0 amide bonds. The smallest absolute Gasteiger partial charge is 0.277 e. The molecular formula is C14H10BrN3O2S. The van der Waals surface area contributed by atoms with Gasteiger partial charge in [0.1, 0.15) is 0 Å². The molecule has 0 spiro atoms. The molecule has 0 radical (unpaired) electrons. The lowest BCUT2D eigenvalue weighted by Crippen LogP contribution is -2.02. The Labute approximate surface area is 133 Å². The standard InChI is InChI=1S/C14H10BrN3O2S/c15-10-4-1-3-9(7-10)13-17-18-14(20-13)21-8-12(19)11-5-2-6-16-11/h1-7,16H,8H2. The van der Waals surface area contributed by atoms with Crippen LogP contribution < -0.4 is 0 Å². The number of nitrogens with one attached hydrogen (secondary N) is 1. The zero-order chi connectivity index (χ0) is 14.7. The summed E-state index contributed by atoms with van der Waals surface area (Å²) < 4.78 is 6.49. The molecule has 21 heavy (non-hydrogen) atoms. The summed E-state index contributed by atoms with van der Waals surface area (Å²) in [5.41, 5.74) is 1.41. The predicted octanol–water partition coefficient (Wildman–Crippen LogP) is 3.80. The molecule has 1 aromatic carbocycles. The number of H-pyrrole nitrogens is 1. The largest absolute Gasteiger partial charge is 0.411 e. The summed E-state index contributed by atoms with van der Waals surface area (Å²) in [7, 11) is 0. The van der Waals surface area contributed by atoms with Crippen molar-refractivity contribution in [2.45, 2.75) is 5.22 Å². The van der Waals surface area contributed by atoms with Crippen molar-refractivity contribution in [3.8, 4) is 11.5 Å². The van der Waals surface area contributed by atoms with E-state index in [0.29, 0.717) is 16.8 Å². The van der Waals surface area contributed by atoms with Gasteiger partial charge in [0, 0.05) is 16.2 Å². The van der Waals surface area contributed by atoms with E-state index in [1.54, 1.807) is 18.3 Å². The van der Waals surface area contributed by atoms with Crippen LogP contribution in [0, 0.1) is 0 Å². The minimum atomic E-state index is -0.00722. The number of rotatable bonds is 5. The van der Waals surface area contributed by atoms with Crippen LogP contribution in [0.25, 0.3) is 11.5 Å². The number of halogens is 1. The number of aromatic nitrogens is 3. The van der Waals surface area contributed by atoms with Gasteiger partial charge in [0.2, 0.25) is 5.89 Å². The fourth-order valence-electron chi connectivity index (χ4n) is 1.72. The lowest BCUT2D eigenvalue weighted by atomic mass is 10.2. The number of hydrogen-bond donors (Lipinski definition) is 1. The van der Waals surface area contributed by atoms with Crippen LogP contribution in [-0.4, -0.2) is 26.7 Å². The maximum Gasteiger partial charge on any atom is 0.277 e. The average Bonchev–Trinajstić information content (AvgIpc) is 3.16. The molecule has 2 heterocycles. The van der Waals surface area contributed by atoms with Gasteiger partial charge in [-0.1, -0.05) is 33.8 Å². The highest BCUT2D eigenvalue weighted by molar-refractivity contribution is 9.10. The Kier molecular flexibility index (Phi) is 4.21. The van der Waals surface area contributed by atoms with Crippen molar-refractivity contribution in [1.29, 1.82) is 0 Å². The summed E-state index contributed by atoms with van der Waals surface area (Å²) in [5.74, 6) is 0.680. The van der Waals surface area contributed by atoms with Crippen molar-refractivity contribution in [2.75, 3.05) is 5.75 Å². The Balaban J connectivity index is 1.67. The number of benzene rings is 1. The third kappa shape index (κ3) is 3.43. The highest BCUT2D eigenvalue weighted by Gasteiger charge is 2.12. The molecule has 7 heteroatoms. The molecular weight excluding hydrogens is 354 g/mol. The van der Waals surface area contributed by atoms with E-state index in [4.69, 9.17) is 4.42 Å². The van der Waals surface area contributed by atoms with Crippen LogP contribution in [0.5, 0.6) is 0 Å². The third-order valence-corrected chi connectivity index (χ3v) is 4.01. The summed E-state index contributed by atoms with van der Waals surface area (Å²) in [5, 5.41) is 8.31. The van der Waals surface area contributed by atoms with Gasteiger partial charge in [-0.15, -0.1) is 10.2 Å². The lowest BCUT2D eigenvalue weighted by Gasteiger charge is -1.96.